The molecule has 0 bridgehead atoms. The molecular weight excluding hydrogens is 220 g/mol. The lowest BCUT2D eigenvalue weighted by Gasteiger charge is -2.01. The number of rotatable bonds is 3. The molecule has 1 aromatic heterocycles. The van der Waals surface area contributed by atoms with E-state index in [9.17, 15) is 0 Å². The zero-order chi connectivity index (χ0) is 12.4. The number of aryl methyl sites for hydroxylation is 1. The molecule has 0 saturated carbocycles. The molecule has 0 N–H and O–H groups in total. The van der Waals surface area contributed by atoms with Crippen molar-refractivity contribution < 1.29 is 4.42 Å². The Bertz CT molecular complexity index is 704. The summed E-state index contributed by atoms with van der Waals surface area (Å²) in [5.41, 5.74) is 2.25. The van der Waals surface area contributed by atoms with Gasteiger partial charge in [0.05, 0.1) is 6.26 Å². The second-order valence-corrected chi connectivity index (χ2v) is 4.43. The van der Waals surface area contributed by atoms with E-state index in [1.165, 1.54) is 21.7 Å². The predicted molar refractivity (Wildman–Crippen MR) is 76.5 cm³/mol. The predicted octanol–water partition coefficient (Wildman–Crippen LogP) is 4.91. The van der Waals surface area contributed by atoms with Gasteiger partial charge in [0.15, 0.2) is 0 Å². The van der Waals surface area contributed by atoms with Crippen LogP contribution in [-0.4, -0.2) is 0 Å². The minimum absolute atomic E-state index is 0.974. The van der Waals surface area contributed by atoms with Crippen LogP contribution in [0.4, 0.5) is 0 Å². The Morgan fingerprint density at radius 2 is 2.00 bits per heavy atom. The van der Waals surface area contributed by atoms with Gasteiger partial charge < -0.3 is 4.42 Å². The maximum absolute atomic E-state index is 5.65. The Kier molecular flexibility index (Phi) is 2.89. The first-order chi connectivity index (χ1) is 8.90. The zero-order valence-electron chi connectivity index (χ0n) is 10.2. The van der Waals surface area contributed by atoms with Crippen molar-refractivity contribution >= 4 is 21.7 Å². The molecule has 1 heterocycles. The van der Waals surface area contributed by atoms with E-state index < -0.39 is 0 Å². The Balaban J connectivity index is 2.17. The molecule has 0 atom stereocenters. The summed E-state index contributed by atoms with van der Waals surface area (Å²) in [7, 11) is 0. The van der Waals surface area contributed by atoms with Gasteiger partial charge in [-0.25, -0.2) is 0 Å². The van der Waals surface area contributed by atoms with Crippen molar-refractivity contribution in [3.05, 3.63) is 67.3 Å². The first kappa shape index (κ1) is 11.1. The molecule has 0 saturated heterocycles. The maximum atomic E-state index is 5.65. The van der Waals surface area contributed by atoms with Gasteiger partial charge in [0.25, 0.3) is 0 Å². The van der Waals surface area contributed by atoms with Gasteiger partial charge in [-0.3, -0.25) is 0 Å². The van der Waals surface area contributed by atoms with Gasteiger partial charge in [-0.2, -0.15) is 0 Å². The molecule has 2 aromatic carbocycles. The number of benzene rings is 2. The summed E-state index contributed by atoms with van der Waals surface area (Å²) in [4.78, 5) is 0. The minimum Gasteiger partial charge on any atom is -0.464 e. The number of fused-ring (bicyclic) bond motifs is 3. The average Bonchev–Trinajstić information content (AvgIpc) is 2.83. The molecule has 3 aromatic rings. The van der Waals surface area contributed by atoms with Crippen molar-refractivity contribution in [1.82, 2.24) is 0 Å². The smallest absolute Gasteiger partial charge is 0.134 e. The van der Waals surface area contributed by atoms with E-state index in [1.807, 2.05) is 12.3 Å². The van der Waals surface area contributed by atoms with Crippen LogP contribution in [0.3, 0.4) is 0 Å². The second-order valence-electron chi connectivity index (χ2n) is 4.43. The fraction of sp³-hybridized carbons (Fsp3) is 0.118. The molecule has 18 heavy (non-hydrogen) atoms. The summed E-state index contributed by atoms with van der Waals surface area (Å²) in [6.45, 7) is 3.71. The van der Waals surface area contributed by atoms with E-state index in [0.29, 0.717) is 0 Å². The lowest BCUT2D eigenvalue weighted by molar-refractivity contribution is 0.610. The summed E-state index contributed by atoms with van der Waals surface area (Å²) in [6.07, 6.45) is 7.81. The number of allylic oxidation sites excluding steroid dienone is 2. The number of furan rings is 1. The van der Waals surface area contributed by atoms with Gasteiger partial charge >= 0.3 is 0 Å². The van der Waals surface area contributed by atoms with Gasteiger partial charge in [0.2, 0.25) is 0 Å². The molecule has 1 heteroatoms. The van der Waals surface area contributed by atoms with Crippen LogP contribution in [0.15, 0.2) is 59.2 Å². The quantitative estimate of drug-likeness (QED) is 0.628. The molecule has 0 unspecified atom stereocenters. The fourth-order valence-corrected chi connectivity index (χ4v) is 2.42. The second kappa shape index (κ2) is 4.69. The Hall–Kier alpha value is -2.02. The monoisotopic (exact) mass is 235 g/mol. The molecule has 1 nitrogen and oxygen atoms in total. The number of hydrogen-bond acceptors (Lipinski definition) is 1. The molecule has 0 aliphatic carbocycles. The fourth-order valence-electron chi connectivity index (χ4n) is 2.42. The van der Waals surface area contributed by atoms with Crippen LogP contribution in [0, 0.1) is 6.92 Å². The highest BCUT2D eigenvalue weighted by Gasteiger charge is 2.08. The Morgan fingerprint density at radius 1 is 1.11 bits per heavy atom. The minimum atomic E-state index is 0.974. The molecule has 89 valence electrons. The van der Waals surface area contributed by atoms with E-state index in [2.05, 4.69) is 49.4 Å². The van der Waals surface area contributed by atoms with Crippen LogP contribution < -0.4 is 0 Å². The Labute approximate surface area is 107 Å². The first-order valence-electron chi connectivity index (χ1n) is 6.22. The topological polar surface area (TPSA) is 13.1 Å². The maximum Gasteiger partial charge on any atom is 0.134 e. The average molecular weight is 235 g/mol. The highest BCUT2D eigenvalue weighted by molar-refractivity contribution is 6.07. The summed E-state index contributed by atoms with van der Waals surface area (Å²) < 4.78 is 5.65. The lowest BCUT2D eigenvalue weighted by Crippen LogP contribution is -1.82. The van der Waals surface area contributed by atoms with Crippen LogP contribution in [0.5, 0.6) is 0 Å². The van der Waals surface area contributed by atoms with Crippen LogP contribution in [-0.2, 0) is 6.42 Å². The summed E-state index contributed by atoms with van der Waals surface area (Å²) in [5.74, 6) is 0. The van der Waals surface area contributed by atoms with Gasteiger partial charge in [-0.1, -0.05) is 42.5 Å². The van der Waals surface area contributed by atoms with Crippen LogP contribution in [0.1, 0.15) is 12.0 Å². The third kappa shape index (κ3) is 1.82. The van der Waals surface area contributed by atoms with E-state index in [4.69, 9.17) is 4.42 Å². The van der Waals surface area contributed by atoms with Gasteiger partial charge in [0, 0.05) is 5.39 Å². The number of hydrogen-bond donors (Lipinski definition) is 0. The summed E-state index contributed by atoms with van der Waals surface area (Å²) in [6, 6.07) is 12.6. The van der Waals surface area contributed by atoms with E-state index in [0.717, 1.165) is 18.4 Å². The van der Waals surface area contributed by atoms with E-state index in [-0.39, 0.29) is 0 Å². The molecule has 0 fully saturated rings. The van der Waals surface area contributed by atoms with E-state index in [1.54, 1.807) is 0 Å². The first-order valence-corrected chi connectivity index (χ1v) is 6.22. The molecule has 0 aliphatic heterocycles. The molecule has 0 spiro atoms. The van der Waals surface area contributed by atoms with Crippen molar-refractivity contribution in [2.45, 2.75) is 12.8 Å². The van der Waals surface area contributed by atoms with Gasteiger partial charge in [0.1, 0.15) is 5.58 Å². The van der Waals surface area contributed by atoms with Gasteiger partial charge in [-0.15, -0.1) is 0 Å². The summed E-state index contributed by atoms with van der Waals surface area (Å²) in [5, 5.41) is 3.79. The zero-order valence-corrected chi connectivity index (χ0v) is 10.2. The highest BCUT2D eigenvalue weighted by atomic mass is 16.3. The Morgan fingerprint density at radius 3 is 2.89 bits per heavy atom. The van der Waals surface area contributed by atoms with E-state index >= 15 is 0 Å². The molecular formula is C17H15O. The SMILES string of the molecule is [CH2]C=CCCc1coc2ccc3ccccc3c12. The van der Waals surface area contributed by atoms with Gasteiger partial charge in [-0.05, 0) is 42.2 Å². The summed E-state index contributed by atoms with van der Waals surface area (Å²) >= 11 is 0. The largest absolute Gasteiger partial charge is 0.464 e. The van der Waals surface area contributed by atoms with Crippen molar-refractivity contribution in [3.8, 4) is 0 Å². The third-order valence-electron chi connectivity index (χ3n) is 3.29. The van der Waals surface area contributed by atoms with Crippen molar-refractivity contribution in [2.24, 2.45) is 0 Å². The highest BCUT2D eigenvalue weighted by Crippen LogP contribution is 2.30. The molecule has 1 radical (unpaired) electrons. The lowest BCUT2D eigenvalue weighted by atomic mass is 10.0. The van der Waals surface area contributed by atoms with Crippen LogP contribution >= 0.6 is 0 Å². The molecule has 0 amide bonds. The third-order valence-corrected chi connectivity index (χ3v) is 3.29. The van der Waals surface area contributed by atoms with Crippen LogP contribution in [0.2, 0.25) is 0 Å². The van der Waals surface area contributed by atoms with Crippen molar-refractivity contribution in [3.63, 3.8) is 0 Å². The standard InChI is InChI=1S/C17H15O/c1-2-3-4-8-14-12-18-16-11-10-13-7-5-6-9-15(13)17(14)16/h2-3,5-7,9-12H,1,4,8H2. The molecule has 0 aliphatic rings. The van der Waals surface area contributed by atoms with Crippen LogP contribution in [0.25, 0.3) is 21.7 Å². The van der Waals surface area contributed by atoms with Crippen molar-refractivity contribution in [1.29, 1.82) is 0 Å². The normalized spacial score (nSPS) is 11.8. The molecule has 3 rings (SSSR count). The van der Waals surface area contributed by atoms with Crippen molar-refractivity contribution in [2.75, 3.05) is 0 Å².